The van der Waals surface area contributed by atoms with Gasteiger partial charge in [0.1, 0.15) is 17.8 Å². The Hall–Kier alpha value is -1.83. The van der Waals surface area contributed by atoms with Gasteiger partial charge in [-0.15, -0.1) is 0 Å². The molecule has 1 N–H and O–H groups in total. The van der Waals surface area contributed by atoms with Crippen molar-refractivity contribution in [1.29, 1.82) is 0 Å². The number of amides is 1. The van der Waals surface area contributed by atoms with Crippen molar-refractivity contribution in [3.8, 4) is 0 Å². The molecule has 45 heavy (non-hydrogen) atoms. The molecule has 266 valence electrons. The Bertz CT molecular complexity index is 807. The molecule has 1 amide bonds. The molecule has 0 fully saturated rings. The summed E-state index contributed by atoms with van der Waals surface area (Å²) in [5.41, 5.74) is -0.938. The van der Waals surface area contributed by atoms with Crippen LogP contribution in [0.25, 0.3) is 0 Å². The molecule has 0 aromatic carbocycles. The minimum atomic E-state index is -0.573. The Labute approximate surface area is 276 Å². The van der Waals surface area contributed by atoms with E-state index >= 15 is 0 Å². The third-order valence-corrected chi connectivity index (χ3v) is 8.47. The van der Waals surface area contributed by atoms with E-state index in [1.165, 1.54) is 19.3 Å². The molecule has 0 heterocycles. The lowest BCUT2D eigenvalue weighted by Crippen LogP contribution is -2.37. The van der Waals surface area contributed by atoms with E-state index in [1.807, 2.05) is 27.7 Å². The molecule has 0 aliphatic carbocycles. The summed E-state index contributed by atoms with van der Waals surface area (Å²) in [5.74, 6) is 0.232. The Morgan fingerprint density at radius 2 is 1.40 bits per heavy atom. The highest BCUT2D eigenvalue weighted by atomic mass is 16.6. The molecule has 0 aliphatic rings. The quantitative estimate of drug-likeness (QED) is 0.0570. The number of alkyl carbamates (subject to hydrolysis) is 1. The summed E-state index contributed by atoms with van der Waals surface area (Å²) in [7, 11) is 0. The fourth-order valence-electron chi connectivity index (χ4n) is 5.68. The minimum Gasteiger partial charge on any atom is -0.463 e. The molecule has 0 rings (SSSR count). The molecule has 0 aromatic rings. The van der Waals surface area contributed by atoms with Gasteiger partial charge in [-0.25, -0.2) is 4.79 Å². The van der Waals surface area contributed by atoms with Crippen molar-refractivity contribution in [2.75, 3.05) is 26.4 Å². The van der Waals surface area contributed by atoms with Gasteiger partial charge < -0.3 is 24.3 Å². The molecule has 3 unspecified atom stereocenters. The second-order valence-corrected chi connectivity index (χ2v) is 14.9. The second kappa shape index (κ2) is 23.5. The summed E-state index contributed by atoms with van der Waals surface area (Å²) in [6.07, 6.45) is 13.2. The van der Waals surface area contributed by atoms with Gasteiger partial charge in [-0.1, -0.05) is 93.4 Å². The summed E-state index contributed by atoms with van der Waals surface area (Å²) < 4.78 is 22.6. The molecule has 8 nitrogen and oxygen atoms in total. The van der Waals surface area contributed by atoms with Gasteiger partial charge >= 0.3 is 18.0 Å². The predicted molar refractivity (Wildman–Crippen MR) is 183 cm³/mol. The lowest BCUT2D eigenvalue weighted by Gasteiger charge is -2.29. The van der Waals surface area contributed by atoms with E-state index in [9.17, 15) is 14.4 Å². The van der Waals surface area contributed by atoms with Gasteiger partial charge in [-0.2, -0.15) is 0 Å². The van der Waals surface area contributed by atoms with Crippen molar-refractivity contribution in [3.05, 3.63) is 0 Å². The van der Waals surface area contributed by atoms with Crippen LogP contribution >= 0.6 is 0 Å². The van der Waals surface area contributed by atoms with E-state index in [1.54, 1.807) is 0 Å². The zero-order chi connectivity index (χ0) is 34.4. The standard InChI is InChI=1S/C37H71NO7/c1-11-15-20-30(13-3)28-36(8,9)44-32(39)22-18-17-19-23-37(10,14-4)45-34(41)38-24-25-42-26-27-43-33(40)31(21-16-12-2)29-35(5,6)7/h30-31H,11-29H2,1-10H3,(H,38,41). The molecule has 0 bridgehead atoms. The molecule has 0 aromatic heterocycles. The number of unbranched alkanes of at least 4 members (excludes halogenated alkanes) is 4. The zero-order valence-corrected chi connectivity index (χ0v) is 30.9. The van der Waals surface area contributed by atoms with Crippen LogP contribution in [0, 0.1) is 17.3 Å². The van der Waals surface area contributed by atoms with Gasteiger partial charge in [-0.3, -0.25) is 9.59 Å². The highest BCUT2D eigenvalue weighted by molar-refractivity contribution is 5.72. The van der Waals surface area contributed by atoms with Crippen LogP contribution in [0.5, 0.6) is 0 Å². The molecule has 3 atom stereocenters. The third-order valence-electron chi connectivity index (χ3n) is 8.47. The smallest absolute Gasteiger partial charge is 0.407 e. The summed E-state index contributed by atoms with van der Waals surface area (Å²) in [4.78, 5) is 37.5. The number of hydrogen-bond acceptors (Lipinski definition) is 7. The van der Waals surface area contributed by atoms with E-state index in [4.69, 9.17) is 18.9 Å². The van der Waals surface area contributed by atoms with E-state index in [-0.39, 0.29) is 36.5 Å². The maximum Gasteiger partial charge on any atom is 0.407 e. The monoisotopic (exact) mass is 642 g/mol. The summed E-state index contributed by atoms with van der Waals surface area (Å²) in [6, 6.07) is 0. The number of carbonyl (C=O) groups is 3. The molecule has 0 saturated carbocycles. The number of hydrogen-bond donors (Lipinski definition) is 1. The van der Waals surface area contributed by atoms with Crippen molar-refractivity contribution in [1.82, 2.24) is 5.32 Å². The van der Waals surface area contributed by atoms with Gasteiger partial charge in [0.25, 0.3) is 0 Å². The Morgan fingerprint density at radius 3 is 2.00 bits per heavy atom. The molecule has 0 saturated heterocycles. The molecule has 0 radical (unpaired) electrons. The van der Waals surface area contributed by atoms with Crippen molar-refractivity contribution in [2.24, 2.45) is 17.3 Å². The topological polar surface area (TPSA) is 100 Å². The van der Waals surface area contributed by atoms with Crippen LogP contribution < -0.4 is 5.32 Å². The van der Waals surface area contributed by atoms with E-state index in [2.05, 4.69) is 46.9 Å². The van der Waals surface area contributed by atoms with Crippen molar-refractivity contribution in [3.63, 3.8) is 0 Å². The van der Waals surface area contributed by atoms with E-state index in [0.717, 1.165) is 64.2 Å². The summed E-state index contributed by atoms with van der Waals surface area (Å²) in [5, 5.41) is 2.75. The highest BCUT2D eigenvalue weighted by Gasteiger charge is 2.28. The number of ether oxygens (including phenoxy) is 4. The van der Waals surface area contributed by atoms with Crippen LogP contribution in [-0.4, -0.2) is 55.6 Å². The van der Waals surface area contributed by atoms with Crippen LogP contribution in [0.4, 0.5) is 4.79 Å². The lowest BCUT2D eigenvalue weighted by molar-refractivity contribution is -0.158. The Kier molecular flexibility index (Phi) is 22.5. The van der Waals surface area contributed by atoms with Gasteiger partial charge in [-0.05, 0) is 77.0 Å². The number of rotatable bonds is 26. The average molecular weight is 642 g/mol. The molecule has 0 spiro atoms. The fraction of sp³-hybridized carbons (Fsp3) is 0.919. The van der Waals surface area contributed by atoms with Crippen LogP contribution in [0.2, 0.25) is 0 Å². The first kappa shape index (κ1) is 43.2. The second-order valence-electron chi connectivity index (χ2n) is 14.9. The van der Waals surface area contributed by atoms with Gasteiger partial charge in [0.05, 0.1) is 19.1 Å². The highest BCUT2D eigenvalue weighted by Crippen LogP contribution is 2.29. The maximum atomic E-state index is 12.6. The van der Waals surface area contributed by atoms with Crippen molar-refractivity contribution >= 4 is 18.0 Å². The van der Waals surface area contributed by atoms with E-state index in [0.29, 0.717) is 31.9 Å². The van der Waals surface area contributed by atoms with Crippen molar-refractivity contribution in [2.45, 2.75) is 177 Å². The molecule has 0 aliphatic heterocycles. The zero-order valence-electron chi connectivity index (χ0n) is 30.9. The Morgan fingerprint density at radius 1 is 0.733 bits per heavy atom. The van der Waals surface area contributed by atoms with Gasteiger partial charge in [0.15, 0.2) is 0 Å². The number of carbonyl (C=O) groups excluding carboxylic acids is 3. The maximum absolute atomic E-state index is 12.6. The summed E-state index contributed by atoms with van der Waals surface area (Å²) >= 11 is 0. The fourth-order valence-corrected chi connectivity index (χ4v) is 5.68. The average Bonchev–Trinajstić information content (AvgIpc) is 2.95. The SMILES string of the molecule is CCCCC(CC)CC(C)(C)OC(=O)CCCCCC(C)(CC)OC(=O)NCCOCCOC(=O)C(CCCC)CC(C)(C)C. The Balaban J connectivity index is 4.23. The first-order chi connectivity index (χ1) is 21.1. The first-order valence-electron chi connectivity index (χ1n) is 18.0. The number of esters is 2. The third kappa shape index (κ3) is 23.2. The van der Waals surface area contributed by atoms with E-state index < -0.39 is 17.3 Å². The molecular formula is C37H71NO7. The van der Waals surface area contributed by atoms with Crippen LogP contribution in [0.1, 0.15) is 166 Å². The summed E-state index contributed by atoms with van der Waals surface area (Å²) in [6.45, 7) is 22.1. The molecular weight excluding hydrogens is 570 g/mol. The van der Waals surface area contributed by atoms with Crippen molar-refractivity contribution < 1.29 is 33.3 Å². The lowest BCUT2D eigenvalue weighted by atomic mass is 9.82. The largest absolute Gasteiger partial charge is 0.463 e. The van der Waals surface area contributed by atoms with Gasteiger partial charge in [0, 0.05) is 13.0 Å². The first-order valence-corrected chi connectivity index (χ1v) is 18.0. The number of nitrogens with one attached hydrogen (secondary N) is 1. The molecule has 8 heteroatoms. The van der Waals surface area contributed by atoms with Crippen LogP contribution in [-0.2, 0) is 28.5 Å². The minimum absolute atomic E-state index is 0.0705. The predicted octanol–water partition coefficient (Wildman–Crippen LogP) is 9.56. The normalized spacial score (nSPS) is 14.7. The van der Waals surface area contributed by atoms with Crippen LogP contribution in [0.3, 0.4) is 0 Å². The van der Waals surface area contributed by atoms with Crippen LogP contribution in [0.15, 0.2) is 0 Å². The van der Waals surface area contributed by atoms with Gasteiger partial charge in [0.2, 0.25) is 0 Å².